The predicted molar refractivity (Wildman–Crippen MR) is 58.9 cm³/mol. The van der Waals surface area contributed by atoms with Crippen LogP contribution in [0.3, 0.4) is 0 Å². The highest BCUT2D eigenvalue weighted by atomic mass is 16.5. The monoisotopic (exact) mass is 211 g/mol. The molecule has 3 heteroatoms. The van der Waals surface area contributed by atoms with Crippen molar-refractivity contribution in [1.29, 1.82) is 0 Å². The maximum absolute atomic E-state index is 11.7. The summed E-state index contributed by atoms with van der Waals surface area (Å²) in [6, 6.07) is 0.460. The van der Waals surface area contributed by atoms with Crippen molar-refractivity contribution in [3.63, 3.8) is 0 Å². The summed E-state index contributed by atoms with van der Waals surface area (Å²) in [7, 11) is 0. The molecule has 2 rings (SSSR count). The summed E-state index contributed by atoms with van der Waals surface area (Å²) in [6.07, 6.45) is 7.46. The molecule has 0 aromatic heterocycles. The maximum Gasteiger partial charge on any atom is 0.134 e. The molecule has 0 aromatic carbocycles. The fraction of sp³-hybridized carbons (Fsp3) is 0.917. The Morgan fingerprint density at radius 2 is 2.27 bits per heavy atom. The highest BCUT2D eigenvalue weighted by Crippen LogP contribution is 2.18. The molecule has 2 fully saturated rings. The molecule has 2 unspecified atom stereocenters. The lowest BCUT2D eigenvalue weighted by Crippen LogP contribution is -2.24. The second-order valence-electron chi connectivity index (χ2n) is 4.71. The van der Waals surface area contributed by atoms with Crippen molar-refractivity contribution in [2.24, 2.45) is 0 Å². The number of ketones is 1. The lowest BCUT2D eigenvalue weighted by atomic mass is 10.0. The van der Waals surface area contributed by atoms with E-state index in [1.807, 2.05) is 0 Å². The van der Waals surface area contributed by atoms with E-state index in [-0.39, 0.29) is 0 Å². The molecule has 0 radical (unpaired) electrons. The zero-order valence-electron chi connectivity index (χ0n) is 9.34. The van der Waals surface area contributed by atoms with E-state index in [2.05, 4.69) is 5.32 Å². The van der Waals surface area contributed by atoms with Crippen LogP contribution in [-0.2, 0) is 9.53 Å². The van der Waals surface area contributed by atoms with Crippen LogP contribution in [0, 0.1) is 0 Å². The number of nitrogens with one attached hydrogen (secondary N) is 1. The van der Waals surface area contributed by atoms with Crippen molar-refractivity contribution in [2.45, 2.75) is 57.1 Å². The third kappa shape index (κ3) is 3.58. The van der Waals surface area contributed by atoms with Crippen molar-refractivity contribution in [3.8, 4) is 0 Å². The van der Waals surface area contributed by atoms with Gasteiger partial charge in [0.1, 0.15) is 5.78 Å². The first kappa shape index (κ1) is 11.1. The molecule has 1 N–H and O–H groups in total. The van der Waals surface area contributed by atoms with Crippen LogP contribution < -0.4 is 5.32 Å². The Labute approximate surface area is 91.6 Å². The average molecular weight is 211 g/mol. The SMILES string of the molecule is O=C(CCC1CCCO1)CC1CCCN1. The topological polar surface area (TPSA) is 38.3 Å². The lowest BCUT2D eigenvalue weighted by Gasteiger charge is -2.11. The molecule has 2 heterocycles. The molecular weight excluding hydrogens is 190 g/mol. The van der Waals surface area contributed by atoms with Gasteiger partial charge in [-0.05, 0) is 38.6 Å². The Hall–Kier alpha value is -0.410. The summed E-state index contributed by atoms with van der Waals surface area (Å²) in [5, 5.41) is 3.36. The Bertz CT molecular complexity index is 206. The minimum atomic E-state index is 0.366. The van der Waals surface area contributed by atoms with Crippen molar-refractivity contribution in [1.82, 2.24) is 5.32 Å². The molecule has 2 aliphatic heterocycles. The molecule has 0 amide bonds. The molecular formula is C12H21NO2. The van der Waals surface area contributed by atoms with Crippen LogP contribution in [0.2, 0.25) is 0 Å². The van der Waals surface area contributed by atoms with Gasteiger partial charge in [-0.3, -0.25) is 4.79 Å². The standard InChI is InChI=1S/C12H21NO2/c14-11(9-10-3-1-7-13-10)5-6-12-4-2-8-15-12/h10,12-13H,1-9H2. The zero-order chi connectivity index (χ0) is 10.5. The predicted octanol–water partition coefficient (Wildman–Crippen LogP) is 1.66. The minimum Gasteiger partial charge on any atom is -0.378 e. The third-order valence-electron chi connectivity index (χ3n) is 3.41. The van der Waals surface area contributed by atoms with Gasteiger partial charge < -0.3 is 10.1 Å². The summed E-state index contributed by atoms with van der Waals surface area (Å²) >= 11 is 0. The molecule has 2 atom stereocenters. The van der Waals surface area contributed by atoms with Crippen LogP contribution >= 0.6 is 0 Å². The number of Topliss-reactive ketones (excluding diaryl/α,β-unsaturated/α-hetero) is 1. The Kier molecular flexibility index (Phi) is 4.15. The molecule has 15 heavy (non-hydrogen) atoms. The number of hydrogen-bond donors (Lipinski definition) is 1. The van der Waals surface area contributed by atoms with Crippen molar-refractivity contribution in [2.75, 3.05) is 13.2 Å². The van der Waals surface area contributed by atoms with Gasteiger partial charge in [-0.15, -0.1) is 0 Å². The molecule has 2 saturated heterocycles. The summed E-state index contributed by atoms with van der Waals surface area (Å²) < 4.78 is 5.51. The van der Waals surface area contributed by atoms with Crippen LogP contribution in [0.4, 0.5) is 0 Å². The molecule has 3 nitrogen and oxygen atoms in total. The van der Waals surface area contributed by atoms with Gasteiger partial charge in [0.05, 0.1) is 6.10 Å². The normalized spacial score (nSPS) is 30.9. The van der Waals surface area contributed by atoms with Gasteiger partial charge in [0.15, 0.2) is 0 Å². The first-order valence-corrected chi connectivity index (χ1v) is 6.21. The number of carbonyl (C=O) groups is 1. The fourth-order valence-electron chi connectivity index (χ4n) is 2.50. The number of ether oxygens (including phenoxy) is 1. The van der Waals surface area contributed by atoms with Gasteiger partial charge in [0, 0.05) is 25.5 Å². The highest BCUT2D eigenvalue weighted by molar-refractivity contribution is 5.79. The van der Waals surface area contributed by atoms with E-state index in [0.717, 1.165) is 32.4 Å². The van der Waals surface area contributed by atoms with E-state index < -0.39 is 0 Å². The van der Waals surface area contributed by atoms with Gasteiger partial charge >= 0.3 is 0 Å². The third-order valence-corrected chi connectivity index (χ3v) is 3.41. The number of rotatable bonds is 5. The van der Waals surface area contributed by atoms with Crippen LogP contribution in [0.25, 0.3) is 0 Å². The highest BCUT2D eigenvalue weighted by Gasteiger charge is 2.20. The van der Waals surface area contributed by atoms with Crippen LogP contribution in [0.1, 0.15) is 44.9 Å². The van der Waals surface area contributed by atoms with Crippen molar-refractivity contribution < 1.29 is 9.53 Å². The molecule has 86 valence electrons. The lowest BCUT2D eigenvalue weighted by molar-refractivity contribution is -0.120. The smallest absolute Gasteiger partial charge is 0.134 e. The summed E-state index contributed by atoms with van der Waals surface area (Å²) in [4.78, 5) is 11.7. The van der Waals surface area contributed by atoms with Gasteiger partial charge in [-0.1, -0.05) is 0 Å². The molecule has 0 aromatic rings. The number of hydrogen-bond acceptors (Lipinski definition) is 3. The van der Waals surface area contributed by atoms with E-state index in [1.165, 1.54) is 19.3 Å². The van der Waals surface area contributed by atoms with Crippen molar-refractivity contribution in [3.05, 3.63) is 0 Å². The zero-order valence-corrected chi connectivity index (χ0v) is 9.34. The summed E-state index contributed by atoms with van der Waals surface area (Å²) in [6.45, 7) is 1.98. The summed E-state index contributed by atoms with van der Waals surface area (Å²) in [5.74, 6) is 0.407. The molecule has 0 bridgehead atoms. The largest absolute Gasteiger partial charge is 0.378 e. The quantitative estimate of drug-likeness (QED) is 0.751. The maximum atomic E-state index is 11.7. The Morgan fingerprint density at radius 3 is 2.93 bits per heavy atom. The van der Waals surface area contributed by atoms with E-state index >= 15 is 0 Å². The van der Waals surface area contributed by atoms with E-state index in [9.17, 15) is 4.79 Å². The fourth-order valence-corrected chi connectivity index (χ4v) is 2.50. The molecule has 2 aliphatic rings. The second kappa shape index (κ2) is 5.61. The number of carbonyl (C=O) groups excluding carboxylic acids is 1. The molecule has 0 spiro atoms. The minimum absolute atomic E-state index is 0.366. The Balaban J connectivity index is 1.59. The average Bonchev–Trinajstić information content (AvgIpc) is 2.86. The van der Waals surface area contributed by atoms with Gasteiger partial charge in [0.25, 0.3) is 0 Å². The van der Waals surface area contributed by atoms with Crippen LogP contribution in [0.15, 0.2) is 0 Å². The van der Waals surface area contributed by atoms with Gasteiger partial charge in [-0.2, -0.15) is 0 Å². The molecule has 0 saturated carbocycles. The van der Waals surface area contributed by atoms with E-state index in [4.69, 9.17) is 4.74 Å². The Morgan fingerprint density at radius 1 is 1.33 bits per heavy atom. The first-order valence-electron chi connectivity index (χ1n) is 6.21. The van der Waals surface area contributed by atoms with E-state index in [1.54, 1.807) is 0 Å². The second-order valence-corrected chi connectivity index (χ2v) is 4.71. The van der Waals surface area contributed by atoms with Gasteiger partial charge in [-0.25, -0.2) is 0 Å². The van der Waals surface area contributed by atoms with Crippen molar-refractivity contribution >= 4 is 5.78 Å². The van der Waals surface area contributed by atoms with Crippen LogP contribution in [-0.4, -0.2) is 31.1 Å². The van der Waals surface area contributed by atoms with Gasteiger partial charge in [0.2, 0.25) is 0 Å². The molecule has 0 aliphatic carbocycles. The first-order chi connectivity index (χ1) is 7.34. The summed E-state index contributed by atoms with van der Waals surface area (Å²) in [5.41, 5.74) is 0. The van der Waals surface area contributed by atoms with E-state index in [0.29, 0.717) is 24.3 Å². The van der Waals surface area contributed by atoms with Crippen LogP contribution in [0.5, 0.6) is 0 Å².